The van der Waals surface area contributed by atoms with Crippen molar-refractivity contribution in [1.29, 1.82) is 0 Å². The fourth-order valence-electron chi connectivity index (χ4n) is 2.60. The molecule has 0 saturated heterocycles. The first-order valence-electron chi connectivity index (χ1n) is 7.49. The van der Waals surface area contributed by atoms with E-state index >= 15 is 0 Å². The molecule has 2 aromatic heterocycles. The third-order valence-electron chi connectivity index (χ3n) is 4.01. The molecule has 1 fully saturated rings. The van der Waals surface area contributed by atoms with Crippen LogP contribution in [0.4, 0.5) is 5.82 Å². The van der Waals surface area contributed by atoms with Gasteiger partial charge in [-0.1, -0.05) is 13.3 Å². The summed E-state index contributed by atoms with van der Waals surface area (Å²) in [6.07, 6.45) is 8.48. The van der Waals surface area contributed by atoms with Crippen LogP contribution in [-0.2, 0) is 6.54 Å². The lowest BCUT2D eigenvalue weighted by Gasteiger charge is -2.08. The molecule has 2 N–H and O–H groups in total. The number of anilines is 1. The minimum absolute atomic E-state index is 0.611. The largest absolute Gasteiger partial charge is 0.383 e. The predicted octanol–water partition coefficient (Wildman–Crippen LogP) is 3.51. The van der Waals surface area contributed by atoms with Gasteiger partial charge in [-0.05, 0) is 37.8 Å². The molecule has 4 heteroatoms. The van der Waals surface area contributed by atoms with Gasteiger partial charge in [0.15, 0.2) is 0 Å². The molecule has 0 unspecified atom stereocenters. The Kier molecular flexibility index (Phi) is 3.47. The third-order valence-corrected chi connectivity index (χ3v) is 4.01. The smallest absolute Gasteiger partial charge is 0.131 e. The summed E-state index contributed by atoms with van der Waals surface area (Å²) < 4.78 is 2.23. The first kappa shape index (κ1) is 13.2. The fourth-order valence-corrected chi connectivity index (χ4v) is 2.60. The zero-order valence-electron chi connectivity index (χ0n) is 12.3. The van der Waals surface area contributed by atoms with Gasteiger partial charge < -0.3 is 10.3 Å². The van der Waals surface area contributed by atoms with Crippen molar-refractivity contribution >= 4 is 5.82 Å². The third kappa shape index (κ3) is 2.30. The second-order valence-corrected chi connectivity index (χ2v) is 5.67. The molecule has 4 nitrogen and oxygen atoms in total. The highest BCUT2D eigenvalue weighted by Crippen LogP contribution is 2.42. The number of unbranched alkanes of at least 4 members (excludes halogenated alkanes) is 1. The summed E-state index contributed by atoms with van der Waals surface area (Å²) in [7, 11) is 0. The van der Waals surface area contributed by atoms with Crippen LogP contribution in [0, 0.1) is 6.92 Å². The quantitative estimate of drug-likeness (QED) is 0.904. The fraction of sp³-hybridized carbons (Fsp3) is 0.500. The molecule has 0 aromatic carbocycles. The molecule has 0 bridgehead atoms. The zero-order valence-corrected chi connectivity index (χ0v) is 12.3. The molecule has 20 heavy (non-hydrogen) atoms. The van der Waals surface area contributed by atoms with Gasteiger partial charge in [-0.3, -0.25) is 4.98 Å². The Bertz CT molecular complexity index is 611. The number of nitrogens with zero attached hydrogens (tertiary/aromatic N) is 3. The van der Waals surface area contributed by atoms with E-state index in [2.05, 4.69) is 23.4 Å². The van der Waals surface area contributed by atoms with E-state index in [9.17, 15) is 0 Å². The number of rotatable bonds is 5. The van der Waals surface area contributed by atoms with Crippen molar-refractivity contribution in [1.82, 2.24) is 14.5 Å². The standard InChI is InChI=1S/C16H22N4/c1-3-4-9-20-15(17)14(19-16(20)12-5-6-12)13-10-18-8-7-11(13)2/h7-8,10,12H,3-6,9,17H2,1-2H3. The molecular weight excluding hydrogens is 248 g/mol. The predicted molar refractivity (Wildman–Crippen MR) is 81.5 cm³/mol. The lowest BCUT2D eigenvalue weighted by Crippen LogP contribution is -2.06. The van der Waals surface area contributed by atoms with Gasteiger partial charge in [-0.2, -0.15) is 0 Å². The molecule has 106 valence electrons. The van der Waals surface area contributed by atoms with Crippen molar-refractivity contribution in [3.63, 3.8) is 0 Å². The highest BCUT2D eigenvalue weighted by molar-refractivity contribution is 5.73. The van der Waals surface area contributed by atoms with Crippen LogP contribution in [0.25, 0.3) is 11.3 Å². The van der Waals surface area contributed by atoms with Crippen molar-refractivity contribution in [2.75, 3.05) is 5.73 Å². The van der Waals surface area contributed by atoms with E-state index < -0.39 is 0 Å². The highest BCUT2D eigenvalue weighted by atomic mass is 15.2. The second-order valence-electron chi connectivity index (χ2n) is 5.67. The Morgan fingerprint density at radius 3 is 2.85 bits per heavy atom. The summed E-state index contributed by atoms with van der Waals surface area (Å²) in [5.74, 6) is 2.59. The molecule has 2 aromatic rings. The van der Waals surface area contributed by atoms with Crippen molar-refractivity contribution in [2.24, 2.45) is 0 Å². The summed E-state index contributed by atoms with van der Waals surface area (Å²) in [6.45, 7) is 5.26. The van der Waals surface area contributed by atoms with E-state index in [4.69, 9.17) is 10.7 Å². The van der Waals surface area contributed by atoms with Gasteiger partial charge in [0.05, 0.1) is 0 Å². The molecule has 0 amide bonds. The number of nitrogen functional groups attached to an aromatic ring is 1. The van der Waals surface area contributed by atoms with Crippen LogP contribution < -0.4 is 5.73 Å². The number of pyridine rings is 1. The summed E-state index contributed by atoms with van der Waals surface area (Å²) in [5.41, 5.74) is 9.53. The Balaban J connectivity index is 2.05. The molecule has 0 aliphatic heterocycles. The van der Waals surface area contributed by atoms with Gasteiger partial charge in [-0.15, -0.1) is 0 Å². The Labute approximate surface area is 120 Å². The van der Waals surface area contributed by atoms with Crippen molar-refractivity contribution in [3.8, 4) is 11.3 Å². The second kappa shape index (κ2) is 5.27. The van der Waals surface area contributed by atoms with Gasteiger partial charge in [-0.25, -0.2) is 4.98 Å². The molecule has 1 aliphatic carbocycles. The van der Waals surface area contributed by atoms with Crippen LogP contribution in [0.2, 0.25) is 0 Å². The summed E-state index contributed by atoms with van der Waals surface area (Å²) in [5, 5.41) is 0. The Hall–Kier alpha value is -1.84. The normalized spacial score (nSPS) is 14.7. The van der Waals surface area contributed by atoms with E-state index in [1.807, 2.05) is 18.5 Å². The van der Waals surface area contributed by atoms with Crippen LogP contribution in [0.1, 0.15) is 49.9 Å². The van der Waals surface area contributed by atoms with Crippen LogP contribution in [0.5, 0.6) is 0 Å². The highest BCUT2D eigenvalue weighted by Gasteiger charge is 2.31. The lowest BCUT2D eigenvalue weighted by molar-refractivity contribution is 0.609. The molecule has 0 radical (unpaired) electrons. The number of imidazole rings is 1. The minimum Gasteiger partial charge on any atom is -0.383 e. The number of aromatic nitrogens is 3. The molecular formula is C16H22N4. The summed E-state index contributed by atoms with van der Waals surface area (Å²) >= 11 is 0. The van der Waals surface area contributed by atoms with Gasteiger partial charge in [0.25, 0.3) is 0 Å². The number of aryl methyl sites for hydroxylation is 1. The van der Waals surface area contributed by atoms with E-state index in [0.29, 0.717) is 5.92 Å². The summed E-state index contributed by atoms with van der Waals surface area (Å²) in [4.78, 5) is 9.07. The maximum atomic E-state index is 6.38. The molecule has 1 aliphatic rings. The monoisotopic (exact) mass is 270 g/mol. The number of hydrogen-bond acceptors (Lipinski definition) is 3. The molecule has 2 heterocycles. The van der Waals surface area contributed by atoms with E-state index in [0.717, 1.165) is 30.0 Å². The first-order valence-corrected chi connectivity index (χ1v) is 7.49. The topological polar surface area (TPSA) is 56.7 Å². The van der Waals surface area contributed by atoms with Gasteiger partial charge in [0.1, 0.15) is 17.3 Å². The van der Waals surface area contributed by atoms with Crippen molar-refractivity contribution < 1.29 is 0 Å². The Morgan fingerprint density at radius 1 is 1.40 bits per heavy atom. The molecule has 0 atom stereocenters. The van der Waals surface area contributed by atoms with Crippen LogP contribution >= 0.6 is 0 Å². The Morgan fingerprint density at radius 2 is 2.20 bits per heavy atom. The average molecular weight is 270 g/mol. The molecule has 3 rings (SSSR count). The maximum absolute atomic E-state index is 6.38. The van der Waals surface area contributed by atoms with Crippen molar-refractivity contribution in [2.45, 2.75) is 52.0 Å². The maximum Gasteiger partial charge on any atom is 0.131 e. The van der Waals surface area contributed by atoms with Gasteiger partial charge in [0, 0.05) is 30.4 Å². The minimum atomic E-state index is 0.611. The van der Waals surface area contributed by atoms with Crippen LogP contribution in [-0.4, -0.2) is 14.5 Å². The summed E-state index contributed by atoms with van der Waals surface area (Å²) in [6, 6.07) is 2.01. The van der Waals surface area contributed by atoms with E-state index in [-0.39, 0.29) is 0 Å². The molecule has 0 spiro atoms. The van der Waals surface area contributed by atoms with Crippen LogP contribution in [0.15, 0.2) is 18.5 Å². The first-order chi connectivity index (χ1) is 9.72. The van der Waals surface area contributed by atoms with Crippen LogP contribution in [0.3, 0.4) is 0 Å². The average Bonchev–Trinajstić information content (AvgIpc) is 3.23. The number of hydrogen-bond donors (Lipinski definition) is 1. The zero-order chi connectivity index (χ0) is 14.1. The van der Waals surface area contributed by atoms with Gasteiger partial charge in [0.2, 0.25) is 0 Å². The van der Waals surface area contributed by atoms with E-state index in [1.165, 1.54) is 30.7 Å². The number of nitrogens with two attached hydrogens (primary N) is 1. The lowest BCUT2D eigenvalue weighted by atomic mass is 10.1. The van der Waals surface area contributed by atoms with Gasteiger partial charge >= 0.3 is 0 Å². The SMILES string of the molecule is CCCCn1c(C2CC2)nc(-c2cnccc2C)c1N. The molecule has 1 saturated carbocycles. The van der Waals surface area contributed by atoms with E-state index in [1.54, 1.807) is 0 Å². The van der Waals surface area contributed by atoms with Crippen molar-refractivity contribution in [3.05, 3.63) is 29.8 Å².